The first-order valence-corrected chi connectivity index (χ1v) is 10.5. The minimum absolute atomic E-state index is 0.598. The summed E-state index contributed by atoms with van der Waals surface area (Å²) in [6.07, 6.45) is 16.7. The van der Waals surface area contributed by atoms with E-state index in [9.17, 15) is 0 Å². The van der Waals surface area contributed by atoms with Crippen molar-refractivity contribution in [2.75, 3.05) is 20.6 Å². The Morgan fingerprint density at radius 1 is 1.00 bits per heavy atom. The van der Waals surface area contributed by atoms with Crippen molar-refractivity contribution in [3.05, 3.63) is 0 Å². The molecular formula is C20H38N4. The van der Waals surface area contributed by atoms with Gasteiger partial charge in [0.2, 0.25) is 0 Å². The van der Waals surface area contributed by atoms with Gasteiger partial charge in [0.1, 0.15) is 0 Å². The molecule has 1 aliphatic carbocycles. The van der Waals surface area contributed by atoms with Gasteiger partial charge in [-0.1, -0.05) is 44.9 Å². The fourth-order valence-electron chi connectivity index (χ4n) is 5.19. The Labute approximate surface area is 148 Å². The standard InChI is InChI=1S/C20H38N4/c1-21-20(22-13-6-5-10-16-8-3-4-9-16)23-17-14-18-11-7-12-19(15-17)24(18)2/h16-19H,3-15H2,1-2H3,(H2,21,22,23). The quantitative estimate of drug-likeness (QED) is 0.443. The van der Waals surface area contributed by atoms with Gasteiger partial charge in [-0.25, -0.2) is 0 Å². The Morgan fingerprint density at radius 2 is 1.71 bits per heavy atom. The normalized spacial score (nSPS) is 32.1. The molecule has 3 aliphatic rings. The maximum atomic E-state index is 4.45. The van der Waals surface area contributed by atoms with E-state index in [0.717, 1.165) is 30.5 Å². The predicted molar refractivity (Wildman–Crippen MR) is 103 cm³/mol. The summed E-state index contributed by atoms with van der Waals surface area (Å²) in [5.74, 6) is 2.05. The van der Waals surface area contributed by atoms with Gasteiger partial charge in [0.05, 0.1) is 0 Å². The molecule has 0 spiro atoms. The second kappa shape index (κ2) is 9.07. The minimum atomic E-state index is 0.598. The average Bonchev–Trinajstić information content (AvgIpc) is 3.07. The molecule has 2 aliphatic heterocycles. The van der Waals surface area contributed by atoms with Crippen molar-refractivity contribution < 1.29 is 0 Å². The fraction of sp³-hybridized carbons (Fsp3) is 0.950. The number of fused-ring (bicyclic) bond motifs is 2. The van der Waals surface area contributed by atoms with Gasteiger partial charge in [0.15, 0.2) is 5.96 Å². The summed E-state index contributed by atoms with van der Waals surface area (Å²) >= 11 is 0. The third-order valence-electron chi connectivity index (χ3n) is 6.71. The van der Waals surface area contributed by atoms with Crippen LogP contribution in [0, 0.1) is 5.92 Å². The Balaban J connectivity index is 1.33. The van der Waals surface area contributed by atoms with Crippen LogP contribution in [0.1, 0.15) is 77.0 Å². The van der Waals surface area contributed by atoms with Crippen LogP contribution in [-0.4, -0.2) is 49.6 Å². The summed E-state index contributed by atoms with van der Waals surface area (Å²) in [7, 11) is 4.23. The second-order valence-corrected chi connectivity index (χ2v) is 8.36. The highest BCUT2D eigenvalue weighted by atomic mass is 15.2. The first-order valence-electron chi connectivity index (χ1n) is 10.5. The molecule has 0 aromatic rings. The molecule has 2 saturated heterocycles. The zero-order valence-corrected chi connectivity index (χ0v) is 15.9. The first-order chi connectivity index (χ1) is 11.8. The van der Waals surface area contributed by atoms with E-state index in [1.54, 1.807) is 0 Å². The maximum Gasteiger partial charge on any atom is 0.191 e. The number of guanidine groups is 1. The largest absolute Gasteiger partial charge is 0.356 e. The molecule has 0 amide bonds. The topological polar surface area (TPSA) is 39.7 Å². The molecule has 138 valence electrons. The molecule has 2 N–H and O–H groups in total. The van der Waals surface area contributed by atoms with Gasteiger partial charge in [-0.15, -0.1) is 0 Å². The number of nitrogens with one attached hydrogen (secondary N) is 2. The smallest absolute Gasteiger partial charge is 0.191 e. The van der Waals surface area contributed by atoms with Crippen molar-refractivity contribution in [1.29, 1.82) is 0 Å². The fourth-order valence-corrected chi connectivity index (χ4v) is 5.19. The molecule has 3 fully saturated rings. The molecule has 2 bridgehead atoms. The van der Waals surface area contributed by atoms with Gasteiger partial charge < -0.3 is 15.5 Å². The Bertz CT molecular complexity index is 388. The van der Waals surface area contributed by atoms with Crippen LogP contribution in [-0.2, 0) is 0 Å². The lowest BCUT2D eigenvalue weighted by Crippen LogP contribution is -2.56. The number of hydrogen-bond donors (Lipinski definition) is 2. The number of piperidine rings is 2. The zero-order valence-electron chi connectivity index (χ0n) is 15.9. The summed E-state index contributed by atoms with van der Waals surface area (Å²) in [6, 6.07) is 2.15. The number of rotatable bonds is 6. The molecule has 4 nitrogen and oxygen atoms in total. The van der Waals surface area contributed by atoms with E-state index in [4.69, 9.17) is 0 Å². The Kier molecular flexibility index (Phi) is 6.82. The van der Waals surface area contributed by atoms with Crippen LogP contribution in [0.4, 0.5) is 0 Å². The van der Waals surface area contributed by atoms with Crippen molar-refractivity contribution >= 4 is 5.96 Å². The van der Waals surface area contributed by atoms with E-state index < -0.39 is 0 Å². The predicted octanol–water partition coefficient (Wildman–Crippen LogP) is 3.53. The molecule has 1 saturated carbocycles. The summed E-state index contributed by atoms with van der Waals surface area (Å²) < 4.78 is 0. The van der Waals surface area contributed by atoms with Gasteiger partial charge in [0.25, 0.3) is 0 Å². The number of unbranched alkanes of at least 4 members (excludes halogenated alkanes) is 1. The van der Waals surface area contributed by atoms with E-state index in [0.29, 0.717) is 6.04 Å². The lowest BCUT2D eigenvalue weighted by atomic mass is 9.82. The van der Waals surface area contributed by atoms with Crippen LogP contribution >= 0.6 is 0 Å². The van der Waals surface area contributed by atoms with E-state index in [-0.39, 0.29) is 0 Å². The van der Waals surface area contributed by atoms with Crippen LogP contribution in [0.15, 0.2) is 4.99 Å². The minimum Gasteiger partial charge on any atom is -0.356 e. The summed E-state index contributed by atoms with van der Waals surface area (Å²) in [6.45, 7) is 1.06. The molecule has 24 heavy (non-hydrogen) atoms. The molecule has 2 atom stereocenters. The number of aliphatic imine (C=N–C) groups is 1. The molecule has 0 aromatic carbocycles. The van der Waals surface area contributed by atoms with Crippen molar-refractivity contribution in [2.24, 2.45) is 10.9 Å². The third kappa shape index (κ3) is 4.87. The van der Waals surface area contributed by atoms with Crippen LogP contribution < -0.4 is 10.6 Å². The summed E-state index contributed by atoms with van der Waals surface area (Å²) in [4.78, 5) is 7.08. The van der Waals surface area contributed by atoms with Gasteiger partial charge >= 0.3 is 0 Å². The van der Waals surface area contributed by atoms with E-state index in [1.165, 1.54) is 77.0 Å². The lowest BCUT2D eigenvalue weighted by molar-refractivity contribution is 0.0526. The number of hydrogen-bond acceptors (Lipinski definition) is 2. The Hall–Kier alpha value is -0.770. The molecule has 2 heterocycles. The molecule has 0 radical (unpaired) electrons. The number of nitrogens with zero attached hydrogens (tertiary/aromatic N) is 2. The van der Waals surface area contributed by atoms with Crippen LogP contribution in [0.25, 0.3) is 0 Å². The van der Waals surface area contributed by atoms with Crippen LogP contribution in [0.2, 0.25) is 0 Å². The third-order valence-corrected chi connectivity index (χ3v) is 6.71. The van der Waals surface area contributed by atoms with Gasteiger partial charge in [0, 0.05) is 31.7 Å². The highest BCUT2D eigenvalue weighted by Gasteiger charge is 2.36. The van der Waals surface area contributed by atoms with Crippen molar-refractivity contribution in [1.82, 2.24) is 15.5 Å². The van der Waals surface area contributed by atoms with Crippen molar-refractivity contribution in [2.45, 2.75) is 95.2 Å². The molecule has 4 heteroatoms. The van der Waals surface area contributed by atoms with Crippen molar-refractivity contribution in [3.8, 4) is 0 Å². The van der Waals surface area contributed by atoms with E-state index >= 15 is 0 Å². The van der Waals surface area contributed by atoms with Crippen molar-refractivity contribution in [3.63, 3.8) is 0 Å². The first kappa shape index (κ1) is 18.0. The molecular weight excluding hydrogens is 296 g/mol. The van der Waals surface area contributed by atoms with Gasteiger partial charge in [-0.05, 0) is 45.1 Å². The van der Waals surface area contributed by atoms with E-state index in [1.807, 2.05) is 7.05 Å². The monoisotopic (exact) mass is 334 g/mol. The van der Waals surface area contributed by atoms with Crippen LogP contribution in [0.5, 0.6) is 0 Å². The van der Waals surface area contributed by atoms with Crippen LogP contribution in [0.3, 0.4) is 0 Å². The Morgan fingerprint density at radius 3 is 2.38 bits per heavy atom. The van der Waals surface area contributed by atoms with E-state index in [2.05, 4.69) is 27.6 Å². The zero-order chi connectivity index (χ0) is 16.8. The lowest BCUT2D eigenvalue weighted by Gasteiger charge is -2.47. The summed E-state index contributed by atoms with van der Waals surface area (Å²) in [5, 5.41) is 7.24. The van der Waals surface area contributed by atoms with Gasteiger partial charge in [-0.3, -0.25) is 4.99 Å². The van der Waals surface area contributed by atoms with Gasteiger partial charge in [-0.2, -0.15) is 0 Å². The molecule has 0 aromatic heterocycles. The highest BCUT2D eigenvalue weighted by Crippen LogP contribution is 2.32. The molecule has 3 rings (SSSR count). The molecule has 2 unspecified atom stereocenters. The maximum absolute atomic E-state index is 4.45. The highest BCUT2D eigenvalue weighted by molar-refractivity contribution is 5.79. The SMILES string of the molecule is CN=C(NCCCCC1CCCC1)NC1CC2CCCC(C1)N2C. The summed E-state index contributed by atoms with van der Waals surface area (Å²) in [5.41, 5.74) is 0. The average molecular weight is 335 g/mol. The second-order valence-electron chi connectivity index (χ2n) is 8.36.